The number of rotatable bonds is 5. The average molecular weight is 336 g/mol. The molecule has 0 bridgehead atoms. The number of hydrogen-bond donors (Lipinski definition) is 1. The van der Waals surface area contributed by atoms with E-state index in [1.165, 1.54) is 11.3 Å². The van der Waals surface area contributed by atoms with E-state index in [2.05, 4.69) is 14.9 Å². The average Bonchev–Trinajstić information content (AvgIpc) is 3.06. The fourth-order valence-electron chi connectivity index (χ4n) is 2.14. The first kappa shape index (κ1) is 15.1. The molecular formula is C14H16N4O2S2. The normalized spacial score (nSPS) is 12.1. The molecule has 0 aliphatic rings. The van der Waals surface area contributed by atoms with Gasteiger partial charge in [-0.05, 0) is 37.1 Å². The summed E-state index contributed by atoms with van der Waals surface area (Å²) in [5.41, 5.74) is 3.03. The Labute approximate surface area is 132 Å². The van der Waals surface area contributed by atoms with Crippen molar-refractivity contribution in [2.45, 2.75) is 25.2 Å². The number of thiazole rings is 1. The van der Waals surface area contributed by atoms with Gasteiger partial charge < -0.3 is 0 Å². The molecule has 0 atom stereocenters. The van der Waals surface area contributed by atoms with E-state index >= 15 is 0 Å². The predicted octanol–water partition coefficient (Wildman–Crippen LogP) is 1.93. The van der Waals surface area contributed by atoms with Crippen LogP contribution in [0.1, 0.15) is 16.8 Å². The highest BCUT2D eigenvalue weighted by atomic mass is 32.2. The number of nitrogens with zero attached hydrogens (tertiary/aromatic N) is 3. The van der Waals surface area contributed by atoms with Crippen LogP contribution in [0, 0.1) is 13.8 Å². The maximum Gasteiger partial charge on any atom is 0.240 e. The minimum atomic E-state index is -3.48. The highest BCUT2D eigenvalue weighted by Crippen LogP contribution is 2.16. The summed E-state index contributed by atoms with van der Waals surface area (Å²) in [5, 5.41) is 9.75. The number of fused-ring (bicyclic) bond motifs is 1. The lowest BCUT2D eigenvalue weighted by Gasteiger charge is -2.08. The van der Waals surface area contributed by atoms with E-state index in [9.17, 15) is 8.42 Å². The second kappa shape index (κ2) is 5.79. The van der Waals surface area contributed by atoms with E-state index in [1.54, 1.807) is 18.5 Å². The number of sulfonamides is 1. The SMILES string of the molecule is Cc1ccc(S(=O)(=O)NCCc2csc3nncn23)cc1C. The van der Waals surface area contributed by atoms with Gasteiger partial charge in [0.15, 0.2) is 0 Å². The summed E-state index contributed by atoms with van der Waals surface area (Å²) in [4.78, 5) is 1.11. The van der Waals surface area contributed by atoms with Crippen LogP contribution in [-0.4, -0.2) is 29.6 Å². The largest absolute Gasteiger partial charge is 0.276 e. The summed E-state index contributed by atoms with van der Waals surface area (Å²) in [6.45, 7) is 4.20. The van der Waals surface area contributed by atoms with Crippen LogP contribution >= 0.6 is 11.3 Å². The van der Waals surface area contributed by atoms with E-state index in [4.69, 9.17) is 0 Å². The molecule has 116 valence electrons. The van der Waals surface area contributed by atoms with Crippen molar-refractivity contribution in [2.75, 3.05) is 6.54 Å². The van der Waals surface area contributed by atoms with E-state index < -0.39 is 10.0 Å². The first-order valence-corrected chi connectivity index (χ1v) is 9.17. The maximum atomic E-state index is 12.3. The van der Waals surface area contributed by atoms with Gasteiger partial charge in [0.2, 0.25) is 15.0 Å². The third kappa shape index (κ3) is 2.90. The molecule has 0 aliphatic heterocycles. The Balaban J connectivity index is 1.70. The lowest BCUT2D eigenvalue weighted by Crippen LogP contribution is -2.26. The number of aromatic nitrogens is 3. The fraction of sp³-hybridized carbons (Fsp3) is 0.286. The molecule has 0 radical (unpaired) electrons. The predicted molar refractivity (Wildman–Crippen MR) is 85.7 cm³/mol. The molecule has 2 aromatic heterocycles. The quantitative estimate of drug-likeness (QED) is 0.772. The van der Waals surface area contributed by atoms with E-state index in [0.29, 0.717) is 17.9 Å². The van der Waals surface area contributed by atoms with Gasteiger partial charge in [0.1, 0.15) is 6.33 Å². The number of aryl methyl sites for hydroxylation is 2. The smallest absolute Gasteiger partial charge is 0.240 e. The van der Waals surface area contributed by atoms with Crippen LogP contribution in [-0.2, 0) is 16.4 Å². The fourth-order valence-corrected chi connectivity index (χ4v) is 4.10. The zero-order chi connectivity index (χ0) is 15.7. The van der Waals surface area contributed by atoms with Crippen LogP contribution in [0.25, 0.3) is 4.96 Å². The molecule has 0 spiro atoms. The van der Waals surface area contributed by atoms with E-state index in [0.717, 1.165) is 21.8 Å². The molecule has 3 rings (SSSR count). The lowest BCUT2D eigenvalue weighted by atomic mass is 10.1. The Morgan fingerprint density at radius 2 is 2.09 bits per heavy atom. The molecule has 0 saturated carbocycles. The van der Waals surface area contributed by atoms with Crippen molar-refractivity contribution in [2.24, 2.45) is 0 Å². The Kier molecular flexibility index (Phi) is 3.98. The van der Waals surface area contributed by atoms with Gasteiger partial charge in [-0.1, -0.05) is 6.07 Å². The van der Waals surface area contributed by atoms with Gasteiger partial charge in [-0.15, -0.1) is 21.5 Å². The minimum absolute atomic E-state index is 0.301. The van der Waals surface area contributed by atoms with Gasteiger partial charge >= 0.3 is 0 Å². The molecule has 3 aromatic rings. The molecule has 0 amide bonds. The second-order valence-electron chi connectivity index (χ2n) is 5.10. The Morgan fingerprint density at radius 3 is 2.86 bits per heavy atom. The first-order chi connectivity index (χ1) is 10.5. The van der Waals surface area contributed by atoms with Crippen LogP contribution in [0.15, 0.2) is 34.8 Å². The Bertz CT molecular complexity index is 912. The van der Waals surface area contributed by atoms with Gasteiger partial charge in [-0.2, -0.15) is 0 Å². The molecular weight excluding hydrogens is 320 g/mol. The summed E-state index contributed by atoms with van der Waals surface area (Å²) < 4.78 is 29.1. The third-order valence-electron chi connectivity index (χ3n) is 3.59. The van der Waals surface area contributed by atoms with Crippen molar-refractivity contribution < 1.29 is 8.42 Å². The third-order valence-corrected chi connectivity index (χ3v) is 5.93. The summed E-state index contributed by atoms with van der Waals surface area (Å²) in [7, 11) is -3.48. The molecule has 1 N–H and O–H groups in total. The lowest BCUT2D eigenvalue weighted by molar-refractivity contribution is 0.581. The zero-order valence-corrected chi connectivity index (χ0v) is 13.9. The molecule has 6 nitrogen and oxygen atoms in total. The van der Waals surface area contributed by atoms with Crippen molar-refractivity contribution in [3.63, 3.8) is 0 Å². The molecule has 22 heavy (non-hydrogen) atoms. The summed E-state index contributed by atoms with van der Waals surface area (Å²) in [5.74, 6) is 0. The van der Waals surface area contributed by atoms with Crippen LogP contribution in [0.5, 0.6) is 0 Å². The molecule has 0 unspecified atom stereocenters. The first-order valence-electron chi connectivity index (χ1n) is 6.80. The van der Waals surface area contributed by atoms with E-state index in [1.807, 2.05) is 29.7 Å². The van der Waals surface area contributed by atoms with Gasteiger partial charge in [0.05, 0.1) is 4.90 Å². The highest BCUT2D eigenvalue weighted by molar-refractivity contribution is 7.89. The van der Waals surface area contributed by atoms with Crippen LogP contribution in [0.3, 0.4) is 0 Å². The monoisotopic (exact) mass is 336 g/mol. The molecule has 8 heteroatoms. The van der Waals surface area contributed by atoms with Gasteiger partial charge in [0.25, 0.3) is 0 Å². The number of benzene rings is 1. The molecule has 0 fully saturated rings. The summed E-state index contributed by atoms with van der Waals surface area (Å²) >= 11 is 1.49. The van der Waals surface area contributed by atoms with Crippen molar-refractivity contribution >= 4 is 26.3 Å². The van der Waals surface area contributed by atoms with Gasteiger partial charge in [0, 0.05) is 24.0 Å². The number of hydrogen-bond acceptors (Lipinski definition) is 5. The standard InChI is InChI=1S/C14H16N4O2S2/c1-10-3-4-13(7-11(10)2)22(19,20)16-6-5-12-8-21-14-17-15-9-18(12)14/h3-4,7-9,16H,5-6H2,1-2H3. The second-order valence-corrected chi connectivity index (χ2v) is 7.71. The van der Waals surface area contributed by atoms with E-state index in [-0.39, 0.29) is 0 Å². The Morgan fingerprint density at radius 1 is 1.27 bits per heavy atom. The maximum absolute atomic E-state index is 12.3. The topological polar surface area (TPSA) is 76.4 Å². The van der Waals surface area contributed by atoms with Crippen molar-refractivity contribution in [1.82, 2.24) is 19.3 Å². The van der Waals surface area contributed by atoms with Crippen LogP contribution in [0.4, 0.5) is 0 Å². The molecule has 1 aromatic carbocycles. The van der Waals surface area contributed by atoms with Crippen molar-refractivity contribution in [3.8, 4) is 0 Å². The number of nitrogens with one attached hydrogen (secondary N) is 1. The minimum Gasteiger partial charge on any atom is -0.276 e. The summed E-state index contributed by atoms with van der Waals surface area (Å²) in [6.07, 6.45) is 2.22. The van der Waals surface area contributed by atoms with Gasteiger partial charge in [-0.25, -0.2) is 13.1 Å². The van der Waals surface area contributed by atoms with Crippen LogP contribution in [0.2, 0.25) is 0 Å². The Hall–Kier alpha value is -1.77. The summed E-state index contributed by atoms with van der Waals surface area (Å²) in [6, 6.07) is 5.15. The van der Waals surface area contributed by atoms with Gasteiger partial charge in [-0.3, -0.25) is 4.40 Å². The molecule has 0 saturated heterocycles. The van der Waals surface area contributed by atoms with Crippen molar-refractivity contribution in [3.05, 3.63) is 46.7 Å². The van der Waals surface area contributed by atoms with Crippen molar-refractivity contribution in [1.29, 1.82) is 0 Å². The molecule has 0 aliphatic carbocycles. The highest BCUT2D eigenvalue weighted by Gasteiger charge is 2.14. The van der Waals surface area contributed by atoms with Crippen LogP contribution < -0.4 is 4.72 Å². The molecule has 2 heterocycles. The zero-order valence-electron chi connectivity index (χ0n) is 12.3.